The molecule has 17 heavy (non-hydrogen) atoms. The highest BCUT2D eigenvalue weighted by molar-refractivity contribution is 8.23. The Morgan fingerprint density at radius 1 is 1.59 bits per heavy atom. The molecule has 0 radical (unpaired) electrons. The molecular weight excluding hydrogens is 280 g/mol. The van der Waals surface area contributed by atoms with E-state index in [1.165, 1.54) is 24.0 Å². The third kappa shape index (κ3) is 2.77. The fourth-order valence-electron chi connectivity index (χ4n) is 1.21. The second-order valence-corrected chi connectivity index (χ2v) is 5.25. The highest BCUT2D eigenvalue weighted by atomic mass is 35.5. The van der Waals surface area contributed by atoms with Gasteiger partial charge in [0.2, 0.25) is 0 Å². The summed E-state index contributed by atoms with van der Waals surface area (Å²) in [6.07, 6.45) is 1.36. The van der Waals surface area contributed by atoms with E-state index in [1.807, 2.05) is 0 Å². The molecule has 0 aromatic heterocycles. The molecule has 0 aliphatic carbocycles. The van der Waals surface area contributed by atoms with Crippen molar-refractivity contribution >= 4 is 52.0 Å². The monoisotopic (exact) mass is 286 g/mol. The largest absolute Gasteiger partial charge is 0.507 e. The predicted molar refractivity (Wildman–Crippen MR) is 72.6 cm³/mol. The van der Waals surface area contributed by atoms with Crippen molar-refractivity contribution in [2.45, 2.75) is 0 Å². The van der Waals surface area contributed by atoms with Gasteiger partial charge in [-0.15, -0.1) is 0 Å². The molecule has 1 heterocycles. The van der Waals surface area contributed by atoms with Crippen molar-refractivity contribution in [3.8, 4) is 5.75 Å². The van der Waals surface area contributed by atoms with Crippen LogP contribution in [-0.2, 0) is 4.79 Å². The molecule has 0 saturated carbocycles. The van der Waals surface area contributed by atoms with Crippen LogP contribution in [0.3, 0.4) is 0 Å². The lowest BCUT2D eigenvalue weighted by atomic mass is 10.2. The quantitative estimate of drug-likeness (QED) is 0.669. The molecule has 1 aliphatic heterocycles. The standard InChI is InChI=1S/C10H7ClN2O2S2/c11-7-1-2-8(14)6(3-7)4-12-13-9(15)5-17-10(13)16/h1-4,14H,5H2/b12-4+. The molecule has 1 N–H and O–H groups in total. The number of carbonyl (C=O) groups is 1. The van der Waals surface area contributed by atoms with E-state index in [0.717, 1.165) is 5.01 Å². The molecule has 88 valence electrons. The molecule has 0 unspecified atom stereocenters. The number of aromatic hydroxyl groups is 1. The van der Waals surface area contributed by atoms with Gasteiger partial charge < -0.3 is 5.11 Å². The van der Waals surface area contributed by atoms with Crippen molar-refractivity contribution in [1.82, 2.24) is 5.01 Å². The van der Waals surface area contributed by atoms with Crippen molar-refractivity contribution in [2.24, 2.45) is 5.10 Å². The maximum absolute atomic E-state index is 11.4. The van der Waals surface area contributed by atoms with E-state index in [9.17, 15) is 9.90 Å². The smallest absolute Gasteiger partial charge is 0.259 e. The van der Waals surface area contributed by atoms with E-state index in [-0.39, 0.29) is 11.7 Å². The summed E-state index contributed by atoms with van der Waals surface area (Å²) in [6, 6.07) is 4.58. The number of nitrogens with zero attached hydrogens (tertiary/aromatic N) is 2. The minimum absolute atomic E-state index is 0.0448. The van der Waals surface area contributed by atoms with E-state index in [4.69, 9.17) is 23.8 Å². The first-order chi connectivity index (χ1) is 8.08. The Morgan fingerprint density at radius 3 is 3.00 bits per heavy atom. The number of phenolic OH excluding ortho intramolecular Hbond substituents is 1. The van der Waals surface area contributed by atoms with E-state index < -0.39 is 0 Å². The first kappa shape index (κ1) is 12.3. The Labute approximate surface area is 112 Å². The van der Waals surface area contributed by atoms with Gasteiger partial charge in [-0.2, -0.15) is 10.1 Å². The lowest BCUT2D eigenvalue weighted by molar-refractivity contribution is -0.123. The molecule has 0 bridgehead atoms. The fraction of sp³-hybridized carbons (Fsp3) is 0.100. The number of rotatable bonds is 2. The van der Waals surface area contributed by atoms with Gasteiger partial charge in [0.15, 0.2) is 4.32 Å². The third-order valence-electron chi connectivity index (χ3n) is 2.03. The Morgan fingerprint density at radius 2 is 2.35 bits per heavy atom. The zero-order chi connectivity index (χ0) is 12.4. The summed E-state index contributed by atoms with van der Waals surface area (Å²) < 4.78 is 0.410. The molecule has 1 aliphatic rings. The van der Waals surface area contributed by atoms with Gasteiger partial charge in [0.25, 0.3) is 5.91 Å². The van der Waals surface area contributed by atoms with Gasteiger partial charge in [-0.3, -0.25) is 4.79 Å². The van der Waals surface area contributed by atoms with Crippen molar-refractivity contribution in [3.05, 3.63) is 28.8 Å². The summed E-state index contributed by atoms with van der Waals surface area (Å²) in [5.74, 6) is 0.179. The Balaban J connectivity index is 2.23. The number of phenols is 1. The molecule has 4 nitrogen and oxygen atoms in total. The van der Waals surface area contributed by atoms with Gasteiger partial charge in [-0.25, -0.2) is 0 Å². The average molecular weight is 287 g/mol. The topological polar surface area (TPSA) is 52.9 Å². The first-order valence-electron chi connectivity index (χ1n) is 4.60. The number of hydrogen-bond donors (Lipinski definition) is 1. The second kappa shape index (κ2) is 5.03. The molecular formula is C10H7ClN2O2S2. The van der Waals surface area contributed by atoms with Crippen LogP contribution in [-0.4, -0.2) is 32.3 Å². The lowest BCUT2D eigenvalue weighted by Crippen LogP contribution is -2.22. The summed E-state index contributed by atoms with van der Waals surface area (Å²) in [5.41, 5.74) is 0.435. The molecule has 1 fully saturated rings. The highest BCUT2D eigenvalue weighted by Gasteiger charge is 2.25. The van der Waals surface area contributed by atoms with Crippen LogP contribution in [0.25, 0.3) is 0 Å². The Hall–Kier alpha value is -1.11. The number of thiocarbonyl (C=S) groups is 1. The van der Waals surface area contributed by atoms with Crippen LogP contribution >= 0.6 is 35.6 Å². The molecule has 1 amide bonds. The van der Waals surface area contributed by atoms with Crippen LogP contribution < -0.4 is 0 Å². The van der Waals surface area contributed by atoms with Crippen LogP contribution in [0.2, 0.25) is 5.02 Å². The Bertz CT molecular complexity index is 503. The van der Waals surface area contributed by atoms with Crippen LogP contribution in [0.1, 0.15) is 5.56 Å². The third-order valence-corrected chi connectivity index (χ3v) is 3.60. The number of hydrazone groups is 1. The van der Waals surface area contributed by atoms with Crippen molar-refractivity contribution in [3.63, 3.8) is 0 Å². The number of halogens is 1. The van der Waals surface area contributed by atoms with Gasteiger partial charge in [0, 0.05) is 10.6 Å². The van der Waals surface area contributed by atoms with Gasteiger partial charge in [-0.05, 0) is 18.2 Å². The molecule has 2 rings (SSSR count). The molecule has 7 heteroatoms. The SMILES string of the molecule is O=C1CSC(=S)N1/N=C/c1cc(Cl)ccc1O. The summed E-state index contributed by atoms with van der Waals surface area (Å²) >= 11 is 12.0. The van der Waals surface area contributed by atoms with Crippen molar-refractivity contribution in [1.29, 1.82) is 0 Å². The van der Waals surface area contributed by atoms with Crippen LogP contribution in [0.15, 0.2) is 23.3 Å². The predicted octanol–water partition coefficient (Wildman–Crippen LogP) is 2.24. The van der Waals surface area contributed by atoms with E-state index >= 15 is 0 Å². The number of hydrogen-bond acceptors (Lipinski definition) is 5. The normalized spacial score (nSPS) is 16.2. The zero-order valence-corrected chi connectivity index (χ0v) is 10.8. The van der Waals surface area contributed by atoms with Crippen LogP contribution in [0.4, 0.5) is 0 Å². The summed E-state index contributed by atoms with van der Waals surface area (Å²) in [6.45, 7) is 0. The van der Waals surface area contributed by atoms with Gasteiger partial charge >= 0.3 is 0 Å². The van der Waals surface area contributed by atoms with Gasteiger partial charge in [0.1, 0.15) is 5.75 Å². The van der Waals surface area contributed by atoms with Crippen molar-refractivity contribution < 1.29 is 9.90 Å². The van der Waals surface area contributed by atoms with Crippen LogP contribution in [0.5, 0.6) is 5.75 Å². The molecule has 0 atom stereocenters. The summed E-state index contributed by atoms with van der Waals surface area (Å²) in [7, 11) is 0. The fourth-order valence-corrected chi connectivity index (χ4v) is 2.35. The van der Waals surface area contributed by atoms with E-state index in [2.05, 4.69) is 5.10 Å². The van der Waals surface area contributed by atoms with Crippen molar-refractivity contribution in [2.75, 3.05) is 5.75 Å². The minimum Gasteiger partial charge on any atom is -0.507 e. The minimum atomic E-state index is -0.169. The number of thioether (sulfide) groups is 1. The Kier molecular flexibility index (Phi) is 3.66. The second-order valence-electron chi connectivity index (χ2n) is 3.21. The maximum atomic E-state index is 11.4. The highest BCUT2D eigenvalue weighted by Crippen LogP contribution is 2.22. The van der Waals surface area contributed by atoms with E-state index in [0.29, 0.717) is 20.7 Å². The zero-order valence-electron chi connectivity index (χ0n) is 8.46. The average Bonchev–Trinajstić information content (AvgIpc) is 2.61. The van der Waals surface area contributed by atoms with Crippen LogP contribution in [0, 0.1) is 0 Å². The summed E-state index contributed by atoms with van der Waals surface area (Å²) in [4.78, 5) is 11.4. The number of amides is 1. The number of benzene rings is 1. The summed E-state index contributed by atoms with van der Waals surface area (Å²) in [5, 5.41) is 15.1. The van der Waals surface area contributed by atoms with Gasteiger partial charge in [0.05, 0.1) is 12.0 Å². The first-order valence-corrected chi connectivity index (χ1v) is 6.37. The molecule has 1 aromatic carbocycles. The molecule has 0 spiro atoms. The van der Waals surface area contributed by atoms with E-state index in [1.54, 1.807) is 12.1 Å². The molecule has 1 aromatic rings. The number of carbonyl (C=O) groups excluding carboxylic acids is 1. The van der Waals surface area contributed by atoms with Gasteiger partial charge in [-0.1, -0.05) is 35.6 Å². The lowest BCUT2D eigenvalue weighted by Gasteiger charge is -2.06. The molecule has 1 saturated heterocycles. The maximum Gasteiger partial charge on any atom is 0.259 e.